The highest BCUT2D eigenvalue weighted by molar-refractivity contribution is 7.80. The van der Waals surface area contributed by atoms with E-state index in [0.717, 1.165) is 11.1 Å². The molecule has 0 fully saturated rings. The monoisotopic (exact) mass is 275 g/mol. The average molecular weight is 275 g/mol. The summed E-state index contributed by atoms with van der Waals surface area (Å²) in [5, 5.41) is 6.43. The first-order valence-electron chi connectivity index (χ1n) is 5.85. The average Bonchev–Trinajstić information content (AvgIpc) is 2.39. The molecule has 2 aromatic rings. The van der Waals surface area contributed by atoms with Crippen molar-refractivity contribution in [3.8, 4) is 0 Å². The van der Waals surface area contributed by atoms with Crippen LogP contribution < -0.4 is 10.6 Å². The third kappa shape index (κ3) is 4.30. The van der Waals surface area contributed by atoms with Crippen LogP contribution >= 0.6 is 12.2 Å². The summed E-state index contributed by atoms with van der Waals surface area (Å²) in [4.78, 5) is 4.19. The zero-order valence-electron chi connectivity index (χ0n) is 10.5. The van der Waals surface area contributed by atoms with Crippen LogP contribution in [-0.4, -0.2) is 10.1 Å². The maximum atomic E-state index is 13.0. The summed E-state index contributed by atoms with van der Waals surface area (Å²) in [5.74, 6) is 0.431. The summed E-state index contributed by atoms with van der Waals surface area (Å²) in [7, 11) is 0. The van der Waals surface area contributed by atoms with E-state index in [1.54, 1.807) is 12.3 Å². The quantitative estimate of drug-likeness (QED) is 0.844. The topological polar surface area (TPSA) is 37.0 Å². The molecule has 0 spiro atoms. The lowest BCUT2D eigenvalue weighted by atomic mass is 10.2. The first-order valence-corrected chi connectivity index (χ1v) is 6.26. The molecular formula is C14H14FN3S. The Hall–Kier alpha value is -2.01. The second-order valence-corrected chi connectivity index (χ2v) is 4.57. The minimum Gasteiger partial charge on any atom is -0.358 e. The summed E-state index contributed by atoms with van der Waals surface area (Å²) >= 11 is 5.14. The number of rotatable bonds is 3. The number of hydrogen-bond acceptors (Lipinski definition) is 2. The number of nitrogens with one attached hydrogen (secondary N) is 2. The number of benzene rings is 1. The Kier molecular flexibility index (Phi) is 4.41. The summed E-state index contributed by atoms with van der Waals surface area (Å²) in [6, 6.07) is 10.2. The molecule has 3 nitrogen and oxygen atoms in total. The van der Waals surface area contributed by atoms with E-state index in [-0.39, 0.29) is 5.82 Å². The lowest BCUT2D eigenvalue weighted by molar-refractivity contribution is 0.625. The fourth-order valence-electron chi connectivity index (χ4n) is 1.53. The zero-order chi connectivity index (χ0) is 13.7. The summed E-state index contributed by atoms with van der Waals surface area (Å²) in [5.41, 5.74) is 1.92. The number of thiocarbonyl (C=S) groups is 1. The van der Waals surface area contributed by atoms with Crippen LogP contribution in [0.3, 0.4) is 0 Å². The first kappa shape index (κ1) is 13.4. The van der Waals surface area contributed by atoms with E-state index in [2.05, 4.69) is 15.6 Å². The van der Waals surface area contributed by atoms with Crippen LogP contribution in [0, 0.1) is 12.7 Å². The Morgan fingerprint density at radius 2 is 2.16 bits per heavy atom. The van der Waals surface area contributed by atoms with Gasteiger partial charge in [-0.25, -0.2) is 9.37 Å². The molecule has 0 saturated carbocycles. The van der Waals surface area contributed by atoms with Gasteiger partial charge in [0.1, 0.15) is 11.6 Å². The largest absolute Gasteiger partial charge is 0.358 e. The van der Waals surface area contributed by atoms with Gasteiger partial charge in [-0.05, 0) is 48.5 Å². The highest BCUT2D eigenvalue weighted by Crippen LogP contribution is 2.05. The Balaban J connectivity index is 1.86. The van der Waals surface area contributed by atoms with Crippen molar-refractivity contribution in [2.24, 2.45) is 0 Å². The molecule has 1 aromatic carbocycles. The second kappa shape index (κ2) is 6.24. The number of halogens is 1. The van der Waals surface area contributed by atoms with E-state index < -0.39 is 0 Å². The van der Waals surface area contributed by atoms with Crippen molar-refractivity contribution < 1.29 is 4.39 Å². The van der Waals surface area contributed by atoms with Gasteiger partial charge in [-0.3, -0.25) is 0 Å². The Morgan fingerprint density at radius 1 is 1.32 bits per heavy atom. The molecule has 5 heteroatoms. The molecular weight excluding hydrogens is 261 g/mol. The molecule has 1 aromatic heterocycles. The molecule has 0 aliphatic heterocycles. The molecule has 0 bridgehead atoms. The van der Waals surface area contributed by atoms with Gasteiger partial charge in [0, 0.05) is 12.7 Å². The predicted octanol–water partition coefficient (Wildman–Crippen LogP) is 3.02. The Bertz CT molecular complexity index is 569. The highest BCUT2D eigenvalue weighted by Gasteiger charge is 1.99. The van der Waals surface area contributed by atoms with E-state index in [1.165, 1.54) is 12.1 Å². The third-order valence-electron chi connectivity index (χ3n) is 2.50. The van der Waals surface area contributed by atoms with Crippen LogP contribution in [0.4, 0.5) is 10.2 Å². The zero-order valence-corrected chi connectivity index (χ0v) is 11.3. The third-order valence-corrected chi connectivity index (χ3v) is 2.74. The maximum absolute atomic E-state index is 13.0. The molecule has 2 N–H and O–H groups in total. The van der Waals surface area contributed by atoms with E-state index in [0.29, 0.717) is 17.5 Å². The van der Waals surface area contributed by atoms with E-state index in [9.17, 15) is 4.39 Å². The number of pyridine rings is 1. The van der Waals surface area contributed by atoms with Crippen LogP contribution in [0.2, 0.25) is 0 Å². The lowest BCUT2D eigenvalue weighted by Crippen LogP contribution is -2.28. The van der Waals surface area contributed by atoms with Crippen LogP contribution in [0.1, 0.15) is 11.1 Å². The Labute approximate surface area is 116 Å². The van der Waals surface area contributed by atoms with E-state index in [4.69, 9.17) is 12.2 Å². The van der Waals surface area contributed by atoms with Gasteiger partial charge in [0.2, 0.25) is 0 Å². The molecule has 0 saturated heterocycles. The SMILES string of the molecule is Cc1ccc(NC(=S)NCc2cccc(F)c2)nc1. The molecule has 2 rings (SSSR count). The van der Waals surface area contributed by atoms with Crippen LogP contribution in [0.5, 0.6) is 0 Å². The van der Waals surface area contributed by atoms with Crippen molar-refractivity contribution >= 4 is 23.1 Å². The number of anilines is 1. The minimum atomic E-state index is -0.252. The first-order chi connectivity index (χ1) is 9.13. The van der Waals surface area contributed by atoms with Gasteiger partial charge in [0.05, 0.1) is 0 Å². The fourth-order valence-corrected chi connectivity index (χ4v) is 1.71. The number of aromatic nitrogens is 1. The van der Waals surface area contributed by atoms with Gasteiger partial charge in [-0.15, -0.1) is 0 Å². The fraction of sp³-hybridized carbons (Fsp3) is 0.143. The van der Waals surface area contributed by atoms with Gasteiger partial charge in [0.15, 0.2) is 5.11 Å². The molecule has 0 radical (unpaired) electrons. The Morgan fingerprint density at radius 3 is 2.84 bits per heavy atom. The highest BCUT2D eigenvalue weighted by atomic mass is 32.1. The van der Waals surface area contributed by atoms with Crippen LogP contribution in [0.25, 0.3) is 0 Å². The van der Waals surface area contributed by atoms with Crippen molar-refractivity contribution in [2.45, 2.75) is 13.5 Å². The minimum absolute atomic E-state index is 0.252. The maximum Gasteiger partial charge on any atom is 0.172 e. The van der Waals surface area contributed by atoms with Crippen molar-refractivity contribution in [1.29, 1.82) is 0 Å². The predicted molar refractivity (Wildman–Crippen MR) is 78.4 cm³/mol. The lowest BCUT2D eigenvalue weighted by Gasteiger charge is -2.10. The van der Waals surface area contributed by atoms with Crippen LogP contribution in [-0.2, 0) is 6.54 Å². The van der Waals surface area contributed by atoms with E-state index >= 15 is 0 Å². The number of aryl methyl sites for hydroxylation is 1. The molecule has 1 heterocycles. The molecule has 0 aliphatic rings. The molecule has 0 aliphatic carbocycles. The van der Waals surface area contributed by atoms with Crippen molar-refractivity contribution in [3.63, 3.8) is 0 Å². The van der Waals surface area contributed by atoms with Crippen molar-refractivity contribution in [1.82, 2.24) is 10.3 Å². The molecule has 0 amide bonds. The molecule has 19 heavy (non-hydrogen) atoms. The number of nitrogens with zero attached hydrogens (tertiary/aromatic N) is 1. The smallest absolute Gasteiger partial charge is 0.172 e. The second-order valence-electron chi connectivity index (χ2n) is 4.16. The summed E-state index contributed by atoms with van der Waals surface area (Å²) < 4.78 is 13.0. The molecule has 98 valence electrons. The van der Waals surface area contributed by atoms with Crippen LogP contribution in [0.15, 0.2) is 42.6 Å². The standard InChI is InChI=1S/C14H14FN3S/c1-10-5-6-13(16-8-10)18-14(19)17-9-11-3-2-4-12(15)7-11/h2-8H,9H2,1H3,(H2,16,17,18,19). The van der Waals surface area contributed by atoms with Gasteiger partial charge in [0.25, 0.3) is 0 Å². The molecule has 0 atom stereocenters. The van der Waals surface area contributed by atoms with E-state index in [1.807, 2.05) is 25.1 Å². The van der Waals surface area contributed by atoms with Gasteiger partial charge in [-0.1, -0.05) is 18.2 Å². The molecule has 0 unspecified atom stereocenters. The van der Waals surface area contributed by atoms with Crippen molar-refractivity contribution in [3.05, 3.63) is 59.5 Å². The van der Waals surface area contributed by atoms with Gasteiger partial charge < -0.3 is 10.6 Å². The summed E-state index contributed by atoms with van der Waals surface area (Å²) in [6.07, 6.45) is 1.76. The van der Waals surface area contributed by atoms with Gasteiger partial charge >= 0.3 is 0 Å². The summed E-state index contributed by atoms with van der Waals surface area (Å²) in [6.45, 7) is 2.44. The van der Waals surface area contributed by atoms with Crippen molar-refractivity contribution in [2.75, 3.05) is 5.32 Å². The number of hydrogen-bond donors (Lipinski definition) is 2. The normalized spacial score (nSPS) is 10.0. The van der Waals surface area contributed by atoms with Gasteiger partial charge in [-0.2, -0.15) is 0 Å².